The largest absolute Gasteiger partial charge is 0.480 e. The normalized spacial score (nSPS) is 11.6. The second-order valence-corrected chi connectivity index (χ2v) is 4.10. The fourth-order valence-corrected chi connectivity index (χ4v) is 1.47. The molecule has 0 bridgehead atoms. The molecule has 0 heterocycles. The van der Waals surface area contributed by atoms with Gasteiger partial charge in [-0.05, 0) is 19.6 Å². The third-order valence-corrected chi connectivity index (χ3v) is 2.40. The first-order valence-corrected chi connectivity index (χ1v) is 6.57. The van der Waals surface area contributed by atoms with E-state index in [4.69, 9.17) is 5.11 Å². The van der Waals surface area contributed by atoms with Crippen LogP contribution >= 0.6 is 11.8 Å². The molecule has 6 nitrogen and oxygen atoms in total. The van der Waals surface area contributed by atoms with Crippen LogP contribution in [0, 0.1) is 0 Å². The molecule has 0 aromatic rings. The molecule has 0 aliphatic heterocycles. The lowest BCUT2D eigenvalue weighted by atomic mass is 10.1. The summed E-state index contributed by atoms with van der Waals surface area (Å²) in [6, 6.07) is -1.04. The van der Waals surface area contributed by atoms with E-state index in [-0.39, 0.29) is 31.1 Å². The Kier molecular flexibility index (Phi) is 8.21. The van der Waals surface area contributed by atoms with E-state index >= 15 is 0 Å². The number of carboxylic acid groups (broad SMARTS) is 1. The van der Waals surface area contributed by atoms with Crippen LogP contribution in [0.1, 0.15) is 19.8 Å². The number of ether oxygens (including phenoxy) is 1. The molecule has 0 aliphatic carbocycles. The minimum absolute atomic E-state index is 0.0235. The summed E-state index contributed by atoms with van der Waals surface area (Å²) in [4.78, 5) is 33.1. The van der Waals surface area contributed by atoms with Gasteiger partial charge in [-0.3, -0.25) is 9.59 Å². The van der Waals surface area contributed by atoms with Crippen LogP contribution in [0.15, 0.2) is 0 Å². The number of thioether (sulfide) groups is 1. The first-order chi connectivity index (χ1) is 8.01. The van der Waals surface area contributed by atoms with Crippen LogP contribution in [0.3, 0.4) is 0 Å². The van der Waals surface area contributed by atoms with Crippen LogP contribution in [0.4, 0.5) is 0 Å². The lowest BCUT2D eigenvalue weighted by molar-refractivity contribution is -0.145. The van der Waals surface area contributed by atoms with Gasteiger partial charge in [-0.2, -0.15) is 11.8 Å². The molecule has 17 heavy (non-hydrogen) atoms. The maximum absolute atomic E-state index is 11.2. The highest BCUT2D eigenvalue weighted by atomic mass is 32.2. The summed E-state index contributed by atoms with van der Waals surface area (Å²) < 4.78 is 4.68. The van der Waals surface area contributed by atoms with Gasteiger partial charge >= 0.3 is 11.9 Å². The van der Waals surface area contributed by atoms with E-state index in [1.807, 2.05) is 0 Å². The molecule has 0 spiro atoms. The summed E-state index contributed by atoms with van der Waals surface area (Å²) in [7, 11) is 0. The Morgan fingerprint density at radius 3 is 2.53 bits per heavy atom. The first kappa shape index (κ1) is 15.8. The van der Waals surface area contributed by atoms with E-state index in [9.17, 15) is 14.4 Å². The van der Waals surface area contributed by atoms with E-state index in [2.05, 4.69) is 10.1 Å². The highest BCUT2D eigenvalue weighted by molar-refractivity contribution is 7.99. The van der Waals surface area contributed by atoms with Gasteiger partial charge in [-0.15, -0.1) is 0 Å². The second-order valence-electron chi connectivity index (χ2n) is 3.24. The predicted molar refractivity (Wildman–Crippen MR) is 63.8 cm³/mol. The third kappa shape index (κ3) is 7.62. The zero-order valence-electron chi connectivity index (χ0n) is 9.89. The van der Waals surface area contributed by atoms with Crippen molar-refractivity contribution >= 4 is 29.6 Å². The monoisotopic (exact) mass is 263 g/mol. The van der Waals surface area contributed by atoms with Crippen molar-refractivity contribution in [3.05, 3.63) is 0 Å². The molecule has 0 saturated heterocycles. The number of rotatable bonds is 8. The lowest BCUT2D eigenvalue weighted by Crippen LogP contribution is -2.42. The Bertz CT molecular complexity index is 282. The smallest absolute Gasteiger partial charge is 0.326 e. The SMILES string of the molecule is CCOC(=O)CC[C@H](NC(=O)CSC)C(=O)O. The molecule has 0 saturated carbocycles. The standard InChI is InChI=1S/C10H17NO5S/c1-3-16-9(13)5-4-7(10(14)15)11-8(12)6-17-2/h7H,3-6H2,1-2H3,(H,11,12)(H,14,15)/t7-/m0/s1. The van der Waals surface area contributed by atoms with Crippen molar-refractivity contribution in [1.82, 2.24) is 5.32 Å². The van der Waals surface area contributed by atoms with Gasteiger partial charge in [0.15, 0.2) is 0 Å². The number of esters is 1. The number of carbonyl (C=O) groups excluding carboxylic acids is 2. The van der Waals surface area contributed by atoms with Gasteiger partial charge in [0.05, 0.1) is 12.4 Å². The van der Waals surface area contributed by atoms with E-state index in [0.29, 0.717) is 0 Å². The van der Waals surface area contributed by atoms with Crippen LogP contribution in [0.2, 0.25) is 0 Å². The second kappa shape index (κ2) is 8.86. The molecular formula is C10H17NO5S. The molecule has 0 aromatic carbocycles. The summed E-state index contributed by atoms with van der Waals surface area (Å²) in [5.74, 6) is -1.77. The van der Waals surface area contributed by atoms with Crippen molar-refractivity contribution in [2.45, 2.75) is 25.8 Å². The molecule has 7 heteroatoms. The van der Waals surface area contributed by atoms with Gasteiger partial charge < -0.3 is 15.2 Å². The van der Waals surface area contributed by atoms with Crippen LogP contribution in [-0.4, -0.2) is 47.6 Å². The van der Waals surface area contributed by atoms with Crippen molar-refractivity contribution in [3.63, 3.8) is 0 Å². The molecule has 2 N–H and O–H groups in total. The topological polar surface area (TPSA) is 92.7 Å². The summed E-state index contributed by atoms with van der Waals surface area (Å²) >= 11 is 1.30. The van der Waals surface area contributed by atoms with Crippen molar-refractivity contribution < 1.29 is 24.2 Å². The third-order valence-electron chi connectivity index (χ3n) is 1.85. The summed E-state index contributed by atoms with van der Waals surface area (Å²) in [5.41, 5.74) is 0. The predicted octanol–water partition coefficient (Wildman–Crippen LogP) is 0.262. The Labute approximate surface area is 104 Å². The van der Waals surface area contributed by atoms with Crippen LogP contribution in [-0.2, 0) is 19.1 Å². The van der Waals surface area contributed by atoms with Crippen LogP contribution < -0.4 is 5.32 Å². The highest BCUT2D eigenvalue weighted by Crippen LogP contribution is 2.01. The highest BCUT2D eigenvalue weighted by Gasteiger charge is 2.20. The fourth-order valence-electron chi connectivity index (χ4n) is 1.12. The average molecular weight is 263 g/mol. The van der Waals surface area contributed by atoms with Gasteiger partial charge in [-0.25, -0.2) is 4.79 Å². The van der Waals surface area contributed by atoms with Gasteiger partial charge in [-0.1, -0.05) is 0 Å². The maximum atomic E-state index is 11.2. The van der Waals surface area contributed by atoms with Crippen LogP contribution in [0.5, 0.6) is 0 Å². The van der Waals surface area contributed by atoms with Crippen LogP contribution in [0.25, 0.3) is 0 Å². The minimum atomic E-state index is -1.15. The quantitative estimate of drug-likeness (QED) is 0.610. The number of carboxylic acids is 1. The number of nitrogens with one attached hydrogen (secondary N) is 1. The lowest BCUT2D eigenvalue weighted by Gasteiger charge is -2.13. The molecular weight excluding hydrogens is 246 g/mol. The number of carbonyl (C=O) groups is 3. The van der Waals surface area contributed by atoms with Crippen molar-refractivity contribution in [3.8, 4) is 0 Å². The summed E-state index contributed by atoms with van der Waals surface area (Å²) in [5, 5.41) is 11.2. The van der Waals surface area contributed by atoms with E-state index in [1.54, 1.807) is 13.2 Å². The van der Waals surface area contributed by atoms with E-state index in [1.165, 1.54) is 11.8 Å². The molecule has 0 rings (SSSR count). The summed E-state index contributed by atoms with van der Waals surface area (Å²) in [6.45, 7) is 1.93. The maximum Gasteiger partial charge on any atom is 0.326 e. The van der Waals surface area contributed by atoms with Crippen molar-refractivity contribution in [1.29, 1.82) is 0 Å². The van der Waals surface area contributed by atoms with Gasteiger partial charge in [0.2, 0.25) is 5.91 Å². The number of amides is 1. The number of hydrogen-bond acceptors (Lipinski definition) is 5. The Balaban J connectivity index is 4.11. The van der Waals surface area contributed by atoms with Gasteiger partial charge in [0.25, 0.3) is 0 Å². The molecule has 1 atom stereocenters. The van der Waals surface area contributed by atoms with Gasteiger partial charge in [0, 0.05) is 6.42 Å². The molecule has 1 amide bonds. The Hall–Kier alpha value is -1.24. The molecule has 0 aliphatic rings. The number of hydrogen-bond donors (Lipinski definition) is 2. The Morgan fingerprint density at radius 2 is 2.06 bits per heavy atom. The number of aliphatic carboxylic acids is 1. The zero-order chi connectivity index (χ0) is 13.3. The summed E-state index contributed by atoms with van der Waals surface area (Å²) in [6.07, 6.45) is 1.76. The van der Waals surface area contributed by atoms with E-state index in [0.717, 1.165) is 0 Å². The minimum Gasteiger partial charge on any atom is -0.480 e. The molecule has 0 aromatic heterocycles. The van der Waals surface area contributed by atoms with Crippen molar-refractivity contribution in [2.24, 2.45) is 0 Å². The Morgan fingerprint density at radius 1 is 1.41 bits per heavy atom. The first-order valence-electron chi connectivity index (χ1n) is 5.18. The molecule has 98 valence electrons. The van der Waals surface area contributed by atoms with Gasteiger partial charge in [0.1, 0.15) is 6.04 Å². The van der Waals surface area contributed by atoms with Crippen molar-refractivity contribution in [2.75, 3.05) is 18.6 Å². The molecule has 0 radical (unpaired) electrons. The average Bonchev–Trinajstić information content (AvgIpc) is 2.24. The molecule has 0 unspecified atom stereocenters. The fraction of sp³-hybridized carbons (Fsp3) is 0.700. The zero-order valence-corrected chi connectivity index (χ0v) is 10.7. The van der Waals surface area contributed by atoms with E-state index < -0.39 is 18.0 Å². The molecule has 0 fully saturated rings.